The van der Waals surface area contributed by atoms with Crippen LogP contribution in [0.15, 0.2) is 4.34 Å². The highest BCUT2D eigenvalue weighted by atomic mass is 32.2. The molecule has 1 aromatic heterocycles. The lowest BCUT2D eigenvalue weighted by Crippen LogP contribution is -2.16. The number of rotatable bonds is 7. The van der Waals surface area contributed by atoms with Gasteiger partial charge in [0, 0.05) is 12.9 Å². The van der Waals surface area contributed by atoms with Gasteiger partial charge >= 0.3 is 0 Å². The third-order valence-corrected chi connectivity index (χ3v) is 3.71. The number of nitrogens with zero attached hydrogens (tertiary/aromatic N) is 2. The SMILES string of the molecule is CCCCSc1nnc(NC(=O)COC)s1. The number of aromatic nitrogens is 2. The Balaban J connectivity index is 2.36. The van der Waals surface area contributed by atoms with Crippen LogP contribution in [0.4, 0.5) is 5.13 Å². The molecule has 1 rings (SSSR count). The van der Waals surface area contributed by atoms with E-state index in [9.17, 15) is 4.79 Å². The summed E-state index contributed by atoms with van der Waals surface area (Å²) in [6, 6.07) is 0. The van der Waals surface area contributed by atoms with Crippen LogP contribution in [0.5, 0.6) is 0 Å². The molecule has 0 saturated heterocycles. The molecule has 1 aromatic rings. The first-order valence-corrected chi connectivity index (χ1v) is 6.81. The highest BCUT2D eigenvalue weighted by Crippen LogP contribution is 2.25. The van der Waals surface area contributed by atoms with Crippen molar-refractivity contribution < 1.29 is 9.53 Å². The van der Waals surface area contributed by atoms with Crippen LogP contribution in [0.2, 0.25) is 0 Å². The minimum absolute atomic E-state index is 0.0396. The largest absolute Gasteiger partial charge is 0.375 e. The zero-order valence-electron chi connectivity index (χ0n) is 9.36. The van der Waals surface area contributed by atoms with Crippen LogP contribution in [-0.2, 0) is 9.53 Å². The molecule has 0 aromatic carbocycles. The standard InChI is InChI=1S/C9H15N3O2S2/c1-3-4-5-15-9-12-11-8(16-9)10-7(13)6-14-2/h3-6H2,1-2H3,(H,10,11,13). The van der Waals surface area contributed by atoms with Crippen molar-refractivity contribution in [3.05, 3.63) is 0 Å². The predicted molar refractivity (Wildman–Crippen MR) is 66.0 cm³/mol. The molecule has 0 atom stereocenters. The van der Waals surface area contributed by atoms with Gasteiger partial charge in [-0.25, -0.2) is 0 Å². The van der Waals surface area contributed by atoms with E-state index in [0.29, 0.717) is 5.13 Å². The topological polar surface area (TPSA) is 64.1 Å². The maximum atomic E-state index is 11.2. The van der Waals surface area contributed by atoms with Crippen LogP contribution in [0.3, 0.4) is 0 Å². The smallest absolute Gasteiger partial charge is 0.252 e. The Morgan fingerprint density at radius 1 is 1.56 bits per heavy atom. The number of unbranched alkanes of at least 4 members (excludes halogenated alkanes) is 1. The summed E-state index contributed by atoms with van der Waals surface area (Å²) in [6.07, 6.45) is 2.33. The molecular weight excluding hydrogens is 246 g/mol. The van der Waals surface area contributed by atoms with Crippen molar-refractivity contribution in [1.29, 1.82) is 0 Å². The molecule has 0 aliphatic carbocycles. The van der Waals surface area contributed by atoms with Crippen LogP contribution in [0.25, 0.3) is 0 Å². The molecule has 0 aliphatic heterocycles. The molecule has 5 nitrogen and oxygen atoms in total. The summed E-state index contributed by atoms with van der Waals surface area (Å²) >= 11 is 3.06. The number of thioether (sulfide) groups is 1. The summed E-state index contributed by atoms with van der Waals surface area (Å²) in [5, 5.41) is 11.0. The lowest BCUT2D eigenvalue weighted by Gasteiger charge is -1.97. The van der Waals surface area contributed by atoms with Gasteiger partial charge < -0.3 is 4.74 Å². The van der Waals surface area contributed by atoms with Gasteiger partial charge in [-0.15, -0.1) is 10.2 Å². The maximum Gasteiger partial charge on any atom is 0.252 e. The summed E-state index contributed by atoms with van der Waals surface area (Å²) in [5.41, 5.74) is 0. The average Bonchev–Trinajstić information content (AvgIpc) is 2.66. The van der Waals surface area contributed by atoms with Crippen molar-refractivity contribution in [2.75, 3.05) is 24.8 Å². The van der Waals surface area contributed by atoms with Crippen molar-refractivity contribution in [3.8, 4) is 0 Å². The van der Waals surface area contributed by atoms with Crippen molar-refractivity contribution in [2.45, 2.75) is 24.1 Å². The Bertz CT molecular complexity index is 330. The summed E-state index contributed by atoms with van der Waals surface area (Å²) in [5.74, 6) is 0.834. The Morgan fingerprint density at radius 3 is 3.06 bits per heavy atom. The molecule has 1 N–H and O–H groups in total. The van der Waals surface area contributed by atoms with Crippen LogP contribution in [0.1, 0.15) is 19.8 Å². The zero-order chi connectivity index (χ0) is 11.8. The lowest BCUT2D eigenvalue weighted by molar-refractivity contribution is -0.119. The Labute approximate surface area is 103 Å². The quantitative estimate of drug-likeness (QED) is 0.462. The van der Waals surface area contributed by atoms with Crippen LogP contribution in [-0.4, -0.2) is 35.6 Å². The third-order valence-electron chi connectivity index (χ3n) is 1.65. The number of methoxy groups -OCH3 is 1. The molecule has 1 amide bonds. The van der Waals surface area contributed by atoms with Gasteiger partial charge in [-0.2, -0.15) is 0 Å². The molecule has 0 fully saturated rings. The Morgan fingerprint density at radius 2 is 2.38 bits per heavy atom. The second kappa shape index (κ2) is 7.59. The van der Waals surface area contributed by atoms with E-state index in [0.717, 1.165) is 16.5 Å². The van der Waals surface area contributed by atoms with Crippen molar-refractivity contribution in [1.82, 2.24) is 10.2 Å². The highest BCUT2D eigenvalue weighted by Gasteiger charge is 2.07. The number of hydrogen-bond acceptors (Lipinski definition) is 6. The molecule has 90 valence electrons. The van der Waals surface area contributed by atoms with Crippen LogP contribution >= 0.6 is 23.1 Å². The van der Waals surface area contributed by atoms with E-state index in [2.05, 4.69) is 22.4 Å². The second-order valence-electron chi connectivity index (χ2n) is 3.06. The zero-order valence-corrected chi connectivity index (χ0v) is 11.0. The van der Waals surface area contributed by atoms with Crippen molar-refractivity contribution in [2.24, 2.45) is 0 Å². The molecule has 16 heavy (non-hydrogen) atoms. The maximum absolute atomic E-state index is 11.2. The van der Waals surface area contributed by atoms with E-state index in [-0.39, 0.29) is 12.5 Å². The van der Waals surface area contributed by atoms with E-state index in [1.165, 1.54) is 24.9 Å². The van der Waals surface area contributed by atoms with Gasteiger partial charge in [-0.05, 0) is 6.42 Å². The van der Waals surface area contributed by atoms with E-state index >= 15 is 0 Å². The summed E-state index contributed by atoms with van der Waals surface area (Å²) < 4.78 is 5.59. The normalized spacial score (nSPS) is 10.4. The van der Waals surface area contributed by atoms with Gasteiger partial charge in [0.2, 0.25) is 5.13 Å². The molecule has 7 heteroatoms. The first-order valence-electron chi connectivity index (χ1n) is 5.01. The third kappa shape index (κ3) is 4.91. The number of nitrogens with one attached hydrogen (secondary N) is 1. The first kappa shape index (κ1) is 13.4. The molecule has 0 spiro atoms. The molecule has 0 unspecified atom stereocenters. The Kier molecular flexibility index (Phi) is 6.36. The molecule has 1 heterocycles. The number of carbonyl (C=O) groups is 1. The van der Waals surface area contributed by atoms with Gasteiger partial charge in [0.15, 0.2) is 4.34 Å². The van der Waals surface area contributed by atoms with E-state index in [4.69, 9.17) is 4.74 Å². The lowest BCUT2D eigenvalue weighted by atomic mass is 10.4. The summed E-state index contributed by atoms with van der Waals surface area (Å²) in [7, 11) is 1.48. The first-order chi connectivity index (χ1) is 7.76. The fourth-order valence-electron chi connectivity index (χ4n) is 0.909. The predicted octanol–water partition coefficient (Wildman–Crippen LogP) is 2.02. The number of anilines is 1. The van der Waals surface area contributed by atoms with Gasteiger partial charge in [-0.1, -0.05) is 36.4 Å². The Hall–Kier alpha value is -0.660. The van der Waals surface area contributed by atoms with E-state index in [1.807, 2.05) is 0 Å². The fourth-order valence-corrected chi connectivity index (χ4v) is 2.83. The number of carbonyl (C=O) groups excluding carboxylic acids is 1. The molecular formula is C9H15N3O2S2. The van der Waals surface area contributed by atoms with E-state index < -0.39 is 0 Å². The van der Waals surface area contributed by atoms with Crippen LogP contribution in [0, 0.1) is 0 Å². The number of ether oxygens (including phenoxy) is 1. The highest BCUT2D eigenvalue weighted by molar-refractivity contribution is 8.01. The van der Waals surface area contributed by atoms with Crippen molar-refractivity contribution in [3.63, 3.8) is 0 Å². The van der Waals surface area contributed by atoms with Gasteiger partial charge in [0.25, 0.3) is 5.91 Å². The second-order valence-corrected chi connectivity index (χ2v) is 5.38. The van der Waals surface area contributed by atoms with E-state index in [1.54, 1.807) is 11.8 Å². The van der Waals surface area contributed by atoms with Gasteiger partial charge in [0.05, 0.1) is 0 Å². The molecule has 0 radical (unpaired) electrons. The molecule has 0 aliphatic rings. The van der Waals surface area contributed by atoms with Gasteiger partial charge in [-0.3, -0.25) is 10.1 Å². The monoisotopic (exact) mass is 261 g/mol. The fraction of sp³-hybridized carbons (Fsp3) is 0.667. The summed E-state index contributed by atoms with van der Waals surface area (Å²) in [4.78, 5) is 11.2. The molecule has 0 saturated carbocycles. The number of amides is 1. The minimum atomic E-state index is -0.205. The number of hydrogen-bond donors (Lipinski definition) is 1. The summed E-state index contributed by atoms with van der Waals surface area (Å²) in [6.45, 7) is 2.19. The minimum Gasteiger partial charge on any atom is -0.375 e. The van der Waals surface area contributed by atoms with Crippen LogP contribution < -0.4 is 5.32 Å². The average molecular weight is 261 g/mol. The van der Waals surface area contributed by atoms with Gasteiger partial charge in [0.1, 0.15) is 6.61 Å². The van der Waals surface area contributed by atoms with Crippen molar-refractivity contribution >= 4 is 34.1 Å². The molecule has 0 bridgehead atoms.